The zero-order valence-electron chi connectivity index (χ0n) is 15.1. The van der Waals surface area contributed by atoms with Crippen molar-refractivity contribution in [3.05, 3.63) is 35.4 Å². The molecule has 0 aliphatic carbocycles. The molecule has 0 atom stereocenters. The molecule has 1 aliphatic heterocycles. The van der Waals surface area contributed by atoms with E-state index in [-0.39, 0.29) is 6.29 Å². The number of ether oxygens (including phenoxy) is 2. The third-order valence-electron chi connectivity index (χ3n) is 4.75. The van der Waals surface area contributed by atoms with E-state index in [0.717, 1.165) is 18.8 Å². The predicted octanol–water partition coefficient (Wildman–Crippen LogP) is 6.05. The highest BCUT2D eigenvalue weighted by atomic mass is 16.7. The Morgan fingerprint density at radius 2 is 1.48 bits per heavy atom. The van der Waals surface area contributed by atoms with E-state index in [4.69, 9.17) is 9.47 Å². The quantitative estimate of drug-likeness (QED) is 0.489. The first-order valence-electron chi connectivity index (χ1n) is 9.65. The number of hydrogen-bond donors (Lipinski definition) is 0. The molecule has 130 valence electrons. The maximum absolute atomic E-state index is 5.94. The predicted molar refractivity (Wildman–Crippen MR) is 96.6 cm³/mol. The number of hydrogen-bond acceptors (Lipinski definition) is 2. The van der Waals surface area contributed by atoms with Crippen LogP contribution in [0.4, 0.5) is 0 Å². The minimum atomic E-state index is -0.161. The minimum absolute atomic E-state index is 0.161. The van der Waals surface area contributed by atoms with Crippen molar-refractivity contribution in [2.45, 2.75) is 77.9 Å². The summed E-state index contributed by atoms with van der Waals surface area (Å²) in [5, 5.41) is 0. The molecule has 0 N–H and O–H groups in total. The molecule has 1 aromatic rings. The summed E-state index contributed by atoms with van der Waals surface area (Å²) in [4.78, 5) is 0. The topological polar surface area (TPSA) is 18.5 Å². The molecule has 1 fully saturated rings. The van der Waals surface area contributed by atoms with Crippen molar-refractivity contribution in [2.75, 3.05) is 13.2 Å². The molecule has 0 spiro atoms. The molecule has 1 saturated heterocycles. The van der Waals surface area contributed by atoms with Crippen molar-refractivity contribution in [2.24, 2.45) is 5.92 Å². The van der Waals surface area contributed by atoms with Gasteiger partial charge in [-0.25, -0.2) is 0 Å². The highest BCUT2D eigenvalue weighted by molar-refractivity contribution is 5.23. The Hall–Kier alpha value is -0.860. The van der Waals surface area contributed by atoms with Gasteiger partial charge in [-0.05, 0) is 24.8 Å². The average molecular weight is 319 g/mol. The minimum Gasteiger partial charge on any atom is -0.348 e. The summed E-state index contributed by atoms with van der Waals surface area (Å²) in [5.41, 5.74) is 2.59. The van der Waals surface area contributed by atoms with Crippen LogP contribution in [-0.2, 0) is 15.9 Å². The van der Waals surface area contributed by atoms with Crippen molar-refractivity contribution < 1.29 is 9.47 Å². The molecule has 0 radical (unpaired) electrons. The van der Waals surface area contributed by atoms with Gasteiger partial charge in [-0.15, -0.1) is 0 Å². The van der Waals surface area contributed by atoms with Gasteiger partial charge in [0, 0.05) is 11.5 Å². The van der Waals surface area contributed by atoms with Crippen molar-refractivity contribution in [3.8, 4) is 0 Å². The molecule has 0 amide bonds. The summed E-state index contributed by atoms with van der Waals surface area (Å²) in [6.07, 6.45) is 11.4. The fraction of sp³-hybridized carbons (Fsp3) is 0.714. The second kappa shape index (κ2) is 10.8. The average Bonchev–Trinajstić information content (AvgIpc) is 2.60. The van der Waals surface area contributed by atoms with E-state index in [0.29, 0.717) is 5.92 Å². The Morgan fingerprint density at radius 3 is 2.13 bits per heavy atom. The zero-order valence-corrected chi connectivity index (χ0v) is 15.1. The van der Waals surface area contributed by atoms with Gasteiger partial charge in [0.15, 0.2) is 6.29 Å². The molecular weight excluding hydrogens is 284 g/mol. The lowest BCUT2D eigenvalue weighted by Gasteiger charge is -2.29. The molecular formula is C21H34O2. The Labute approximate surface area is 142 Å². The third-order valence-corrected chi connectivity index (χ3v) is 4.75. The second-order valence-electron chi connectivity index (χ2n) is 6.91. The molecule has 1 aromatic carbocycles. The summed E-state index contributed by atoms with van der Waals surface area (Å²) >= 11 is 0. The van der Waals surface area contributed by atoms with Crippen molar-refractivity contribution in [3.63, 3.8) is 0 Å². The van der Waals surface area contributed by atoms with E-state index in [2.05, 4.69) is 38.1 Å². The summed E-state index contributed by atoms with van der Waals surface area (Å²) < 4.78 is 11.9. The first kappa shape index (κ1) is 18.5. The Morgan fingerprint density at radius 1 is 0.826 bits per heavy atom. The second-order valence-corrected chi connectivity index (χ2v) is 6.91. The van der Waals surface area contributed by atoms with E-state index in [9.17, 15) is 0 Å². The number of aryl methyl sites for hydroxylation is 1. The van der Waals surface area contributed by atoms with Crippen LogP contribution in [0.15, 0.2) is 24.3 Å². The van der Waals surface area contributed by atoms with Crippen LogP contribution in [-0.4, -0.2) is 13.2 Å². The van der Waals surface area contributed by atoms with Crippen LogP contribution in [0.5, 0.6) is 0 Å². The Balaban J connectivity index is 1.71. The summed E-state index contributed by atoms with van der Waals surface area (Å²) in [6, 6.07) is 8.83. The standard InChI is InChI=1S/C21H34O2/c1-3-5-7-9-10-18-12-14-20(15-13-18)21-22-16-19(17-23-21)11-8-6-4-2/h12-15,19,21H,3-11,16-17H2,1-2H3. The molecule has 1 heterocycles. The van der Waals surface area contributed by atoms with E-state index in [1.807, 2.05) is 0 Å². The van der Waals surface area contributed by atoms with Crippen LogP contribution < -0.4 is 0 Å². The lowest BCUT2D eigenvalue weighted by Crippen LogP contribution is -2.27. The molecule has 2 nitrogen and oxygen atoms in total. The Bertz CT molecular complexity index is 404. The zero-order chi connectivity index (χ0) is 16.3. The summed E-state index contributed by atoms with van der Waals surface area (Å²) in [5.74, 6) is 0.579. The highest BCUT2D eigenvalue weighted by Crippen LogP contribution is 2.27. The molecule has 2 heteroatoms. The molecule has 1 aliphatic rings. The fourth-order valence-corrected chi connectivity index (χ4v) is 3.18. The number of unbranched alkanes of at least 4 members (excludes halogenated alkanes) is 5. The molecule has 0 bridgehead atoms. The largest absolute Gasteiger partial charge is 0.348 e. The van der Waals surface area contributed by atoms with Crippen LogP contribution in [0.3, 0.4) is 0 Å². The SMILES string of the molecule is CCCCCCc1ccc(C2OCC(CCCCC)CO2)cc1. The number of rotatable bonds is 10. The van der Waals surface area contributed by atoms with Gasteiger partial charge in [-0.1, -0.05) is 76.6 Å². The van der Waals surface area contributed by atoms with Gasteiger partial charge in [0.25, 0.3) is 0 Å². The normalized spacial score (nSPS) is 21.5. The molecule has 0 unspecified atom stereocenters. The van der Waals surface area contributed by atoms with Crippen molar-refractivity contribution >= 4 is 0 Å². The van der Waals surface area contributed by atoms with E-state index < -0.39 is 0 Å². The van der Waals surface area contributed by atoms with Gasteiger partial charge in [-0.2, -0.15) is 0 Å². The molecule has 0 aromatic heterocycles. The first-order chi connectivity index (χ1) is 11.3. The van der Waals surface area contributed by atoms with E-state index in [1.54, 1.807) is 0 Å². The molecule has 2 rings (SSSR count). The van der Waals surface area contributed by atoms with Gasteiger partial charge in [0.2, 0.25) is 0 Å². The Kier molecular flexibility index (Phi) is 8.70. The van der Waals surface area contributed by atoms with Crippen LogP contribution in [0, 0.1) is 5.92 Å². The highest BCUT2D eigenvalue weighted by Gasteiger charge is 2.23. The van der Waals surface area contributed by atoms with Crippen LogP contribution >= 0.6 is 0 Å². The van der Waals surface area contributed by atoms with E-state index in [1.165, 1.54) is 63.4 Å². The molecule has 23 heavy (non-hydrogen) atoms. The molecule has 0 saturated carbocycles. The lowest BCUT2D eigenvalue weighted by molar-refractivity contribution is -0.206. The first-order valence-corrected chi connectivity index (χ1v) is 9.65. The fourth-order valence-electron chi connectivity index (χ4n) is 3.18. The van der Waals surface area contributed by atoms with Crippen molar-refractivity contribution in [1.29, 1.82) is 0 Å². The van der Waals surface area contributed by atoms with Crippen LogP contribution in [0.1, 0.15) is 82.6 Å². The van der Waals surface area contributed by atoms with Gasteiger partial charge >= 0.3 is 0 Å². The van der Waals surface area contributed by atoms with Crippen LogP contribution in [0.2, 0.25) is 0 Å². The lowest BCUT2D eigenvalue weighted by atomic mass is 10.0. The monoisotopic (exact) mass is 318 g/mol. The third kappa shape index (κ3) is 6.64. The van der Waals surface area contributed by atoms with Gasteiger partial charge < -0.3 is 9.47 Å². The van der Waals surface area contributed by atoms with E-state index >= 15 is 0 Å². The number of benzene rings is 1. The maximum Gasteiger partial charge on any atom is 0.183 e. The van der Waals surface area contributed by atoms with Gasteiger partial charge in [0.05, 0.1) is 13.2 Å². The van der Waals surface area contributed by atoms with Crippen LogP contribution in [0.25, 0.3) is 0 Å². The summed E-state index contributed by atoms with van der Waals surface area (Å²) in [6.45, 7) is 6.19. The smallest absolute Gasteiger partial charge is 0.183 e. The summed E-state index contributed by atoms with van der Waals surface area (Å²) in [7, 11) is 0. The maximum atomic E-state index is 5.94. The van der Waals surface area contributed by atoms with Crippen molar-refractivity contribution in [1.82, 2.24) is 0 Å². The van der Waals surface area contributed by atoms with Gasteiger partial charge in [0.1, 0.15) is 0 Å². The van der Waals surface area contributed by atoms with Gasteiger partial charge in [-0.3, -0.25) is 0 Å².